The van der Waals surface area contributed by atoms with Crippen LogP contribution in [0.1, 0.15) is 12.8 Å². The summed E-state index contributed by atoms with van der Waals surface area (Å²) in [4.78, 5) is 5.01. The molecule has 1 atom stereocenters. The van der Waals surface area contributed by atoms with Gasteiger partial charge in [0.05, 0.1) is 6.10 Å². The lowest BCUT2D eigenvalue weighted by Crippen LogP contribution is -2.40. The highest BCUT2D eigenvalue weighted by molar-refractivity contribution is 4.73. The van der Waals surface area contributed by atoms with E-state index in [1.165, 1.54) is 6.42 Å². The summed E-state index contributed by atoms with van der Waals surface area (Å²) in [6, 6.07) is 0. The van der Waals surface area contributed by atoms with Crippen molar-refractivity contribution in [3.05, 3.63) is 10.4 Å². The molecule has 1 rings (SSSR count). The van der Waals surface area contributed by atoms with Crippen molar-refractivity contribution >= 4 is 0 Å². The van der Waals surface area contributed by atoms with Crippen molar-refractivity contribution in [1.29, 1.82) is 0 Å². The first-order chi connectivity index (χ1) is 6.36. The molecule has 0 saturated carbocycles. The summed E-state index contributed by atoms with van der Waals surface area (Å²) < 4.78 is 5.28. The minimum Gasteiger partial charge on any atom is -0.380 e. The number of likely N-dealkylation sites (tertiary alicyclic amines) is 1. The van der Waals surface area contributed by atoms with Crippen LogP contribution in [-0.2, 0) is 4.74 Å². The molecule has 0 bridgehead atoms. The number of rotatable bonds is 4. The standard InChI is InChI=1S/C8H16N4O/c1-13-8-3-2-5-12(7-8)6-4-10-11-9/h8H,2-7H2,1H3/t8-/m0/s1. The predicted molar refractivity (Wildman–Crippen MR) is 50.5 cm³/mol. The summed E-state index contributed by atoms with van der Waals surface area (Å²) in [7, 11) is 1.75. The number of nitrogens with zero attached hydrogens (tertiary/aromatic N) is 4. The van der Waals surface area contributed by atoms with Gasteiger partial charge in [-0.1, -0.05) is 5.11 Å². The van der Waals surface area contributed by atoms with Crippen molar-refractivity contribution in [2.24, 2.45) is 5.11 Å². The van der Waals surface area contributed by atoms with E-state index >= 15 is 0 Å². The van der Waals surface area contributed by atoms with Gasteiger partial charge in [0.25, 0.3) is 0 Å². The fraction of sp³-hybridized carbons (Fsp3) is 1.00. The van der Waals surface area contributed by atoms with Crippen LogP contribution < -0.4 is 0 Å². The summed E-state index contributed by atoms with van der Waals surface area (Å²) in [5, 5.41) is 3.51. The molecule has 1 fully saturated rings. The van der Waals surface area contributed by atoms with E-state index in [0.717, 1.165) is 26.1 Å². The Morgan fingerprint density at radius 3 is 3.23 bits per heavy atom. The lowest BCUT2D eigenvalue weighted by atomic mass is 10.1. The SMILES string of the molecule is CO[C@H]1CCCN(CCN=[N+]=[N-])C1. The molecule has 0 unspecified atom stereocenters. The van der Waals surface area contributed by atoms with Gasteiger partial charge in [-0.05, 0) is 24.9 Å². The molecule has 1 aliphatic heterocycles. The molecule has 0 aromatic carbocycles. The van der Waals surface area contributed by atoms with Crippen molar-refractivity contribution in [2.75, 3.05) is 33.3 Å². The molecule has 0 spiro atoms. The maximum atomic E-state index is 8.11. The van der Waals surface area contributed by atoms with E-state index < -0.39 is 0 Å². The van der Waals surface area contributed by atoms with Gasteiger partial charge in [-0.3, -0.25) is 0 Å². The van der Waals surface area contributed by atoms with Crippen LogP contribution in [-0.4, -0.2) is 44.3 Å². The normalized spacial score (nSPS) is 23.9. The third-order valence-corrected chi connectivity index (χ3v) is 2.38. The van der Waals surface area contributed by atoms with Crippen LogP contribution in [0.4, 0.5) is 0 Å². The Kier molecular flexibility index (Phi) is 4.60. The molecule has 74 valence electrons. The van der Waals surface area contributed by atoms with Crippen LogP contribution in [0.25, 0.3) is 10.4 Å². The first kappa shape index (κ1) is 10.3. The number of hydrogen-bond donors (Lipinski definition) is 0. The fourth-order valence-corrected chi connectivity index (χ4v) is 1.64. The van der Waals surface area contributed by atoms with Gasteiger partial charge < -0.3 is 9.64 Å². The number of piperidine rings is 1. The highest BCUT2D eigenvalue weighted by Gasteiger charge is 2.18. The summed E-state index contributed by atoms with van der Waals surface area (Å²) in [6.45, 7) is 3.48. The fourth-order valence-electron chi connectivity index (χ4n) is 1.64. The van der Waals surface area contributed by atoms with E-state index in [2.05, 4.69) is 14.9 Å². The largest absolute Gasteiger partial charge is 0.380 e. The molecule has 1 saturated heterocycles. The number of hydrogen-bond acceptors (Lipinski definition) is 3. The second-order valence-electron chi connectivity index (χ2n) is 3.26. The summed E-state index contributed by atoms with van der Waals surface area (Å²) in [5.74, 6) is 0. The van der Waals surface area contributed by atoms with E-state index in [1.54, 1.807) is 7.11 Å². The Bertz CT molecular complexity index is 191. The molecule has 5 nitrogen and oxygen atoms in total. The van der Waals surface area contributed by atoms with Gasteiger partial charge in [0.15, 0.2) is 0 Å². The molecule has 0 aromatic rings. The zero-order chi connectivity index (χ0) is 9.52. The van der Waals surface area contributed by atoms with Crippen molar-refractivity contribution in [3.8, 4) is 0 Å². The molecule has 0 aromatic heterocycles. The van der Waals surface area contributed by atoms with Crippen LogP contribution in [0.15, 0.2) is 5.11 Å². The number of azide groups is 1. The Labute approximate surface area is 78.3 Å². The first-order valence-electron chi connectivity index (χ1n) is 4.63. The molecule has 0 N–H and O–H groups in total. The van der Waals surface area contributed by atoms with Crippen LogP contribution in [0.3, 0.4) is 0 Å². The van der Waals surface area contributed by atoms with Gasteiger partial charge in [0.1, 0.15) is 0 Å². The maximum Gasteiger partial charge on any atom is 0.0698 e. The summed E-state index contributed by atoms with van der Waals surface area (Å²) in [6.07, 6.45) is 2.68. The van der Waals surface area contributed by atoms with Crippen molar-refractivity contribution in [3.63, 3.8) is 0 Å². The van der Waals surface area contributed by atoms with E-state index in [-0.39, 0.29) is 0 Å². The van der Waals surface area contributed by atoms with Crippen LogP contribution >= 0.6 is 0 Å². The molecule has 13 heavy (non-hydrogen) atoms. The van der Waals surface area contributed by atoms with Crippen molar-refractivity contribution in [1.82, 2.24) is 4.90 Å². The van der Waals surface area contributed by atoms with Gasteiger partial charge in [-0.25, -0.2) is 0 Å². The quantitative estimate of drug-likeness (QED) is 0.376. The monoisotopic (exact) mass is 184 g/mol. The van der Waals surface area contributed by atoms with Gasteiger partial charge in [0.2, 0.25) is 0 Å². The van der Waals surface area contributed by atoms with Gasteiger partial charge in [-0.2, -0.15) is 0 Å². The number of methoxy groups -OCH3 is 1. The Morgan fingerprint density at radius 1 is 1.69 bits per heavy atom. The van der Waals surface area contributed by atoms with Gasteiger partial charge in [-0.15, -0.1) is 0 Å². The van der Waals surface area contributed by atoms with Gasteiger partial charge >= 0.3 is 0 Å². The van der Waals surface area contributed by atoms with Crippen molar-refractivity contribution in [2.45, 2.75) is 18.9 Å². The minimum absolute atomic E-state index is 0.361. The molecule has 1 aliphatic rings. The average Bonchev–Trinajstić information content (AvgIpc) is 2.19. The summed E-state index contributed by atoms with van der Waals surface area (Å²) >= 11 is 0. The first-order valence-corrected chi connectivity index (χ1v) is 4.63. The lowest BCUT2D eigenvalue weighted by Gasteiger charge is -2.31. The zero-order valence-electron chi connectivity index (χ0n) is 8.02. The lowest BCUT2D eigenvalue weighted by molar-refractivity contribution is 0.0326. The maximum absolute atomic E-state index is 8.11. The van der Waals surface area contributed by atoms with Crippen molar-refractivity contribution < 1.29 is 4.74 Å². The Morgan fingerprint density at radius 2 is 2.54 bits per heavy atom. The van der Waals surface area contributed by atoms with Crippen LogP contribution in [0, 0.1) is 0 Å². The molecule has 5 heteroatoms. The summed E-state index contributed by atoms with van der Waals surface area (Å²) in [5.41, 5.74) is 8.11. The Hall–Kier alpha value is -0.770. The average molecular weight is 184 g/mol. The molecular formula is C8H16N4O. The Balaban J connectivity index is 2.21. The molecule has 1 heterocycles. The highest BCUT2D eigenvalue weighted by Crippen LogP contribution is 2.11. The highest BCUT2D eigenvalue weighted by atomic mass is 16.5. The predicted octanol–water partition coefficient (Wildman–Crippen LogP) is 1.41. The van der Waals surface area contributed by atoms with Crippen LogP contribution in [0.2, 0.25) is 0 Å². The molecular weight excluding hydrogens is 168 g/mol. The smallest absolute Gasteiger partial charge is 0.0698 e. The topological polar surface area (TPSA) is 61.2 Å². The van der Waals surface area contributed by atoms with E-state index in [1.807, 2.05) is 0 Å². The second-order valence-corrected chi connectivity index (χ2v) is 3.26. The van der Waals surface area contributed by atoms with E-state index in [9.17, 15) is 0 Å². The third-order valence-electron chi connectivity index (χ3n) is 2.38. The molecule has 0 radical (unpaired) electrons. The van der Waals surface area contributed by atoms with Crippen LogP contribution in [0.5, 0.6) is 0 Å². The second kappa shape index (κ2) is 5.80. The molecule has 0 aliphatic carbocycles. The van der Waals surface area contributed by atoms with E-state index in [0.29, 0.717) is 12.6 Å². The third kappa shape index (κ3) is 3.63. The zero-order valence-corrected chi connectivity index (χ0v) is 8.02. The minimum atomic E-state index is 0.361. The number of ether oxygens (including phenoxy) is 1. The van der Waals surface area contributed by atoms with Gasteiger partial charge in [0, 0.05) is 31.7 Å². The van der Waals surface area contributed by atoms with E-state index in [4.69, 9.17) is 10.3 Å². The molecule has 0 amide bonds.